The molecule has 1 aliphatic rings. The highest BCUT2D eigenvalue weighted by Crippen LogP contribution is 2.18. The number of rotatable bonds is 3. The zero-order chi connectivity index (χ0) is 8.97. The lowest BCUT2D eigenvalue weighted by molar-refractivity contribution is -0.203. The fraction of sp³-hybridized carbons (Fsp3) is 1.00. The Hall–Kier alpha value is -0.160. The van der Waals surface area contributed by atoms with Crippen LogP contribution in [0.5, 0.6) is 0 Å². The summed E-state index contributed by atoms with van der Waals surface area (Å²) in [4.78, 5) is 0. The van der Waals surface area contributed by atoms with Crippen LogP contribution in [-0.2, 0) is 9.47 Å². The molecule has 0 aliphatic carbocycles. The Morgan fingerprint density at radius 2 is 2.33 bits per heavy atom. The third-order valence-corrected chi connectivity index (χ3v) is 2.07. The van der Waals surface area contributed by atoms with Gasteiger partial charge in [0.05, 0.1) is 12.7 Å². The number of ether oxygens (including phenoxy) is 2. The first kappa shape index (κ1) is 9.92. The van der Waals surface area contributed by atoms with Gasteiger partial charge in [-0.3, -0.25) is 0 Å². The average Bonchev–Trinajstić information content (AvgIpc) is 2.09. The Morgan fingerprint density at radius 3 is 2.92 bits per heavy atom. The van der Waals surface area contributed by atoms with Gasteiger partial charge in [0.1, 0.15) is 0 Å². The van der Waals surface area contributed by atoms with E-state index in [2.05, 4.69) is 0 Å². The van der Waals surface area contributed by atoms with Crippen molar-refractivity contribution < 1.29 is 14.6 Å². The van der Waals surface area contributed by atoms with E-state index in [1.165, 1.54) is 0 Å². The quantitative estimate of drug-likeness (QED) is 0.626. The molecule has 72 valence electrons. The van der Waals surface area contributed by atoms with E-state index in [9.17, 15) is 0 Å². The number of aliphatic hydroxyl groups is 1. The van der Waals surface area contributed by atoms with Crippen molar-refractivity contribution in [2.24, 2.45) is 5.73 Å². The van der Waals surface area contributed by atoms with E-state index in [0.29, 0.717) is 6.61 Å². The number of nitrogens with two attached hydrogens (primary N) is 1. The van der Waals surface area contributed by atoms with Gasteiger partial charge in [-0.1, -0.05) is 0 Å². The van der Waals surface area contributed by atoms with Gasteiger partial charge < -0.3 is 20.3 Å². The maximum absolute atomic E-state index is 8.89. The maximum Gasteiger partial charge on any atom is 0.158 e. The van der Waals surface area contributed by atoms with Gasteiger partial charge in [0.25, 0.3) is 0 Å². The third-order valence-electron chi connectivity index (χ3n) is 2.07. The molecule has 3 N–H and O–H groups in total. The molecule has 4 heteroatoms. The highest BCUT2D eigenvalue weighted by atomic mass is 16.7. The molecular formula is C8H17NO3. The minimum Gasteiger partial charge on any atom is -0.394 e. The van der Waals surface area contributed by atoms with Crippen LogP contribution in [0, 0.1) is 0 Å². The molecule has 0 radical (unpaired) electrons. The van der Waals surface area contributed by atoms with Gasteiger partial charge in [0, 0.05) is 12.6 Å². The minimum absolute atomic E-state index is 0.0231. The van der Waals surface area contributed by atoms with Gasteiger partial charge in [0.2, 0.25) is 0 Å². The van der Waals surface area contributed by atoms with Gasteiger partial charge in [-0.25, -0.2) is 0 Å². The van der Waals surface area contributed by atoms with Crippen molar-refractivity contribution in [3.8, 4) is 0 Å². The van der Waals surface area contributed by atoms with Crippen LogP contribution in [0.2, 0.25) is 0 Å². The summed E-state index contributed by atoms with van der Waals surface area (Å²) in [6.07, 6.45) is 1.25. The molecule has 4 nitrogen and oxygen atoms in total. The summed E-state index contributed by atoms with van der Waals surface area (Å²) in [5, 5.41) is 8.89. The summed E-state index contributed by atoms with van der Waals surface area (Å²) < 4.78 is 10.7. The van der Waals surface area contributed by atoms with Crippen LogP contribution in [0.3, 0.4) is 0 Å². The molecule has 0 aromatic heterocycles. The van der Waals surface area contributed by atoms with Gasteiger partial charge in [-0.2, -0.15) is 0 Å². The van der Waals surface area contributed by atoms with Crippen LogP contribution in [-0.4, -0.2) is 36.8 Å². The summed E-state index contributed by atoms with van der Waals surface area (Å²) in [6.45, 7) is 2.54. The van der Waals surface area contributed by atoms with Crippen molar-refractivity contribution in [1.29, 1.82) is 0 Å². The Bertz CT molecular complexity index is 131. The van der Waals surface area contributed by atoms with Crippen molar-refractivity contribution >= 4 is 0 Å². The van der Waals surface area contributed by atoms with Crippen LogP contribution in [0.15, 0.2) is 0 Å². The lowest BCUT2D eigenvalue weighted by Gasteiger charge is -2.33. The summed E-state index contributed by atoms with van der Waals surface area (Å²) in [5.41, 5.74) is 5.71. The standard InChI is InChI=1S/C8H17NO3/c1-2-11-8-4-3-6(9)7(5-10)12-8/h6-8,10H,2-5,9H2,1H3/t6-,7-,8+/m1/s1. The second-order valence-electron chi connectivity index (χ2n) is 2.98. The summed E-state index contributed by atoms with van der Waals surface area (Å²) in [7, 11) is 0. The Morgan fingerprint density at radius 1 is 1.58 bits per heavy atom. The normalized spacial score (nSPS) is 36.8. The fourth-order valence-corrected chi connectivity index (χ4v) is 1.37. The lowest BCUT2D eigenvalue weighted by Crippen LogP contribution is -2.46. The highest BCUT2D eigenvalue weighted by molar-refractivity contribution is 4.78. The highest BCUT2D eigenvalue weighted by Gasteiger charge is 2.28. The van der Waals surface area contributed by atoms with Crippen molar-refractivity contribution in [2.75, 3.05) is 13.2 Å². The van der Waals surface area contributed by atoms with Crippen LogP contribution in [0.1, 0.15) is 19.8 Å². The molecule has 1 fully saturated rings. The summed E-state index contributed by atoms with van der Waals surface area (Å²) in [6, 6.07) is -0.0493. The van der Waals surface area contributed by atoms with Crippen LogP contribution in [0.25, 0.3) is 0 Å². The molecule has 0 amide bonds. The molecule has 1 heterocycles. The molecule has 3 atom stereocenters. The second-order valence-corrected chi connectivity index (χ2v) is 2.98. The molecule has 1 saturated heterocycles. The Labute approximate surface area is 72.6 Å². The van der Waals surface area contributed by atoms with E-state index >= 15 is 0 Å². The first-order chi connectivity index (χ1) is 5.77. The SMILES string of the molecule is CCO[C@@H]1CC[C@@H](N)[C@@H](CO)O1. The predicted octanol–water partition coefficient (Wildman–Crippen LogP) is -0.152. The fourth-order valence-electron chi connectivity index (χ4n) is 1.37. The predicted molar refractivity (Wildman–Crippen MR) is 44.6 cm³/mol. The Kier molecular flexibility index (Phi) is 3.94. The molecule has 0 unspecified atom stereocenters. The van der Waals surface area contributed by atoms with E-state index in [4.69, 9.17) is 20.3 Å². The zero-order valence-electron chi connectivity index (χ0n) is 7.40. The third kappa shape index (κ3) is 2.42. The first-order valence-electron chi connectivity index (χ1n) is 4.41. The smallest absolute Gasteiger partial charge is 0.158 e. The summed E-state index contributed by atoms with van der Waals surface area (Å²) in [5.74, 6) is 0. The van der Waals surface area contributed by atoms with Gasteiger partial charge >= 0.3 is 0 Å². The molecule has 0 aromatic carbocycles. The molecule has 1 aliphatic heterocycles. The van der Waals surface area contributed by atoms with E-state index in [1.807, 2.05) is 6.92 Å². The molecule has 1 rings (SSSR count). The molecular weight excluding hydrogens is 158 g/mol. The van der Waals surface area contributed by atoms with Crippen molar-refractivity contribution in [2.45, 2.75) is 38.2 Å². The van der Waals surface area contributed by atoms with Crippen LogP contribution < -0.4 is 5.73 Å². The molecule has 0 bridgehead atoms. The van der Waals surface area contributed by atoms with Gasteiger partial charge in [-0.05, 0) is 19.8 Å². The van der Waals surface area contributed by atoms with Gasteiger partial charge in [-0.15, -0.1) is 0 Å². The molecule has 12 heavy (non-hydrogen) atoms. The number of hydrogen-bond donors (Lipinski definition) is 2. The molecule has 0 spiro atoms. The molecule has 0 aromatic rings. The maximum atomic E-state index is 8.89. The van der Waals surface area contributed by atoms with E-state index < -0.39 is 0 Å². The van der Waals surface area contributed by atoms with Crippen molar-refractivity contribution in [3.63, 3.8) is 0 Å². The van der Waals surface area contributed by atoms with E-state index in [1.54, 1.807) is 0 Å². The molecule has 0 saturated carbocycles. The largest absolute Gasteiger partial charge is 0.394 e. The van der Waals surface area contributed by atoms with E-state index in [0.717, 1.165) is 12.8 Å². The minimum atomic E-state index is -0.254. The van der Waals surface area contributed by atoms with Crippen molar-refractivity contribution in [1.82, 2.24) is 0 Å². The topological polar surface area (TPSA) is 64.7 Å². The lowest BCUT2D eigenvalue weighted by atomic mass is 10.0. The van der Waals surface area contributed by atoms with Crippen molar-refractivity contribution in [3.05, 3.63) is 0 Å². The Balaban J connectivity index is 2.33. The summed E-state index contributed by atoms with van der Waals surface area (Å²) >= 11 is 0. The first-order valence-corrected chi connectivity index (χ1v) is 4.41. The second kappa shape index (κ2) is 4.77. The number of aliphatic hydroxyl groups excluding tert-OH is 1. The van der Waals surface area contributed by atoms with Gasteiger partial charge in [0.15, 0.2) is 6.29 Å². The van der Waals surface area contributed by atoms with Crippen LogP contribution >= 0.6 is 0 Å². The average molecular weight is 175 g/mol. The number of hydrogen-bond acceptors (Lipinski definition) is 4. The van der Waals surface area contributed by atoms with E-state index in [-0.39, 0.29) is 25.0 Å². The zero-order valence-corrected chi connectivity index (χ0v) is 7.40. The monoisotopic (exact) mass is 175 g/mol. The van der Waals surface area contributed by atoms with Crippen LogP contribution in [0.4, 0.5) is 0 Å².